The van der Waals surface area contributed by atoms with Crippen LogP contribution in [0.1, 0.15) is 0 Å². The van der Waals surface area contributed by atoms with E-state index in [1.807, 2.05) is 48.5 Å². The molecule has 5 heteroatoms. The van der Waals surface area contributed by atoms with Gasteiger partial charge in [-0.1, -0.05) is 91.0 Å². The molecule has 0 saturated carbocycles. The van der Waals surface area contributed by atoms with Gasteiger partial charge in [-0.25, -0.2) is 0 Å². The Labute approximate surface area is 301 Å². The molecular formula is C48H27NO4. The van der Waals surface area contributed by atoms with Crippen LogP contribution in [-0.4, -0.2) is 0 Å². The zero-order valence-corrected chi connectivity index (χ0v) is 28.2. The van der Waals surface area contributed by atoms with Crippen LogP contribution in [-0.2, 0) is 0 Å². The van der Waals surface area contributed by atoms with Crippen LogP contribution in [0.4, 0.5) is 17.1 Å². The summed E-state index contributed by atoms with van der Waals surface area (Å²) in [5.74, 6) is 0. The SMILES string of the molecule is c1ccc2c(c1)oc1cc(N(c3ccc(-c4cccc5c4oc4c5ccc5oc6ccccc6c54)cc3)c3cccc4oc5ccccc5c34)ccc12. The molecule has 8 aromatic carbocycles. The summed E-state index contributed by atoms with van der Waals surface area (Å²) in [5.41, 5.74) is 11.9. The highest BCUT2D eigenvalue weighted by atomic mass is 16.3. The van der Waals surface area contributed by atoms with Crippen LogP contribution in [0, 0.1) is 0 Å². The predicted molar refractivity (Wildman–Crippen MR) is 216 cm³/mol. The summed E-state index contributed by atoms with van der Waals surface area (Å²) in [4.78, 5) is 2.29. The second kappa shape index (κ2) is 10.6. The topological polar surface area (TPSA) is 55.8 Å². The van der Waals surface area contributed by atoms with Gasteiger partial charge in [0.15, 0.2) is 0 Å². The van der Waals surface area contributed by atoms with Crippen molar-refractivity contribution in [2.24, 2.45) is 0 Å². The highest BCUT2D eigenvalue weighted by molar-refractivity contribution is 6.23. The molecule has 0 aliphatic rings. The third kappa shape index (κ3) is 4.07. The lowest BCUT2D eigenvalue weighted by atomic mass is 10.0. The first-order chi connectivity index (χ1) is 26.3. The molecule has 5 nitrogen and oxygen atoms in total. The lowest BCUT2D eigenvalue weighted by Crippen LogP contribution is -2.10. The molecular weight excluding hydrogens is 655 g/mol. The smallest absolute Gasteiger partial charge is 0.147 e. The van der Waals surface area contributed by atoms with Crippen molar-refractivity contribution in [1.29, 1.82) is 0 Å². The quantitative estimate of drug-likeness (QED) is 0.185. The second-order valence-corrected chi connectivity index (χ2v) is 13.6. The van der Waals surface area contributed by atoms with Gasteiger partial charge in [-0.2, -0.15) is 0 Å². The van der Waals surface area contributed by atoms with Gasteiger partial charge in [0.05, 0.1) is 16.5 Å². The maximum absolute atomic E-state index is 6.79. The standard InChI is InChI=1S/C48H27NO4/c1-4-15-39-32(9-1)33-24-23-30(27-44(33)52-39)49(38-14-8-18-42-45(38)36-10-2-5-16-40(36)50-42)29-21-19-28(20-22-29)31-12-7-13-34-35-25-26-43-46(48(35)53-47(31)34)37-11-3-6-17-41(37)51-43/h1-27H. The number of rotatable bonds is 4. The number of para-hydroxylation sites is 4. The first-order valence-electron chi connectivity index (χ1n) is 17.7. The van der Waals surface area contributed by atoms with E-state index < -0.39 is 0 Å². The van der Waals surface area contributed by atoms with Gasteiger partial charge in [0.2, 0.25) is 0 Å². The minimum absolute atomic E-state index is 0.824. The van der Waals surface area contributed by atoms with Gasteiger partial charge in [0, 0.05) is 55.3 Å². The number of nitrogens with zero attached hydrogens (tertiary/aromatic N) is 1. The maximum Gasteiger partial charge on any atom is 0.147 e. The first kappa shape index (κ1) is 28.5. The normalized spacial score (nSPS) is 12.2. The van der Waals surface area contributed by atoms with E-state index in [9.17, 15) is 0 Å². The Kier molecular flexibility index (Phi) is 5.71. The van der Waals surface area contributed by atoms with E-state index in [4.69, 9.17) is 17.7 Å². The molecule has 0 radical (unpaired) electrons. The van der Waals surface area contributed by atoms with Crippen LogP contribution in [0.25, 0.3) is 98.9 Å². The van der Waals surface area contributed by atoms with Crippen LogP contribution < -0.4 is 4.90 Å². The average molecular weight is 682 g/mol. The highest BCUT2D eigenvalue weighted by Gasteiger charge is 2.22. The Bertz CT molecular complexity index is 3410. The molecule has 0 amide bonds. The number of anilines is 3. The van der Waals surface area contributed by atoms with E-state index in [-0.39, 0.29) is 0 Å². The molecule has 4 heterocycles. The minimum Gasteiger partial charge on any atom is -0.456 e. The molecule has 4 aromatic heterocycles. The summed E-state index contributed by atoms with van der Waals surface area (Å²) in [6, 6.07) is 56.6. The van der Waals surface area contributed by atoms with Crippen LogP contribution in [0.3, 0.4) is 0 Å². The van der Waals surface area contributed by atoms with Crippen LogP contribution >= 0.6 is 0 Å². The van der Waals surface area contributed by atoms with Gasteiger partial charge < -0.3 is 22.6 Å². The molecule has 0 fully saturated rings. The molecule has 0 bridgehead atoms. The van der Waals surface area contributed by atoms with Crippen molar-refractivity contribution in [2.45, 2.75) is 0 Å². The van der Waals surface area contributed by atoms with Gasteiger partial charge in [-0.3, -0.25) is 0 Å². The molecule has 0 N–H and O–H groups in total. The number of hydrogen-bond acceptors (Lipinski definition) is 5. The molecule has 53 heavy (non-hydrogen) atoms. The van der Waals surface area contributed by atoms with Gasteiger partial charge >= 0.3 is 0 Å². The summed E-state index contributed by atoms with van der Waals surface area (Å²) in [7, 11) is 0. The van der Waals surface area contributed by atoms with Crippen molar-refractivity contribution >= 4 is 105 Å². The minimum atomic E-state index is 0.824. The molecule has 0 saturated heterocycles. The molecule has 12 aromatic rings. The number of benzene rings is 8. The van der Waals surface area contributed by atoms with Crippen molar-refractivity contribution in [3.63, 3.8) is 0 Å². The fourth-order valence-corrected chi connectivity index (χ4v) is 8.31. The van der Waals surface area contributed by atoms with E-state index in [1.54, 1.807) is 0 Å². The Hall–Kier alpha value is -7.24. The number of fused-ring (bicyclic) bond motifs is 13. The maximum atomic E-state index is 6.79. The molecule has 0 unspecified atom stereocenters. The van der Waals surface area contributed by atoms with Gasteiger partial charge in [0.1, 0.15) is 44.7 Å². The predicted octanol–water partition coefficient (Wildman–Crippen LogP) is 14.4. The fraction of sp³-hybridized carbons (Fsp3) is 0. The summed E-state index contributed by atoms with van der Waals surface area (Å²) in [6.07, 6.45) is 0. The van der Waals surface area contributed by atoms with Crippen LogP contribution in [0.2, 0.25) is 0 Å². The molecule has 0 aliphatic heterocycles. The largest absolute Gasteiger partial charge is 0.456 e. The van der Waals surface area contributed by atoms with Crippen molar-refractivity contribution < 1.29 is 17.7 Å². The number of furan rings is 4. The lowest BCUT2D eigenvalue weighted by molar-refractivity contribution is 0.663. The molecule has 12 rings (SSSR count). The van der Waals surface area contributed by atoms with E-state index in [0.717, 1.165) is 116 Å². The van der Waals surface area contributed by atoms with Crippen molar-refractivity contribution in [1.82, 2.24) is 0 Å². The van der Waals surface area contributed by atoms with E-state index in [1.165, 1.54) is 0 Å². The van der Waals surface area contributed by atoms with Crippen molar-refractivity contribution in [2.75, 3.05) is 4.90 Å². The van der Waals surface area contributed by atoms with Gasteiger partial charge in [-0.05, 0) is 72.3 Å². The molecule has 248 valence electrons. The Morgan fingerprint density at radius 3 is 1.66 bits per heavy atom. The zero-order chi connectivity index (χ0) is 34.6. The van der Waals surface area contributed by atoms with Crippen LogP contribution in [0.5, 0.6) is 0 Å². The third-order valence-corrected chi connectivity index (χ3v) is 10.7. The summed E-state index contributed by atoms with van der Waals surface area (Å²) < 4.78 is 25.7. The molecule has 0 aliphatic carbocycles. The Morgan fingerprint density at radius 2 is 0.868 bits per heavy atom. The Morgan fingerprint density at radius 1 is 0.321 bits per heavy atom. The van der Waals surface area contributed by atoms with Crippen LogP contribution in [0.15, 0.2) is 181 Å². The third-order valence-electron chi connectivity index (χ3n) is 10.7. The lowest BCUT2D eigenvalue weighted by Gasteiger charge is -2.26. The molecule has 0 atom stereocenters. The average Bonchev–Trinajstić information content (AvgIpc) is 3.98. The zero-order valence-electron chi connectivity index (χ0n) is 28.2. The Balaban J connectivity index is 1.05. The van der Waals surface area contributed by atoms with E-state index in [0.29, 0.717) is 0 Å². The van der Waals surface area contributed by atoms with E-state index >= 15 is 0 Å². The summed E-state index contributed by atoms with van der Waals surface area (Å²) in [6.45, 7) is 0. The molecule has 0 spiro atoms. The summed E-state index contributed by atoms with van der Waals surface area (Å²) in [5, 5.41) is 8.54. The van der Waals surface area contributed by atoms with Gasteiger partial charge in [-0.15, -0.1) is 0 Å². The first-order valence-corrected chi connectivity index (χ1v) is 17.7. The second-order valence-electron chi connectivity index (χ2n) is 13.6. The summed E-state index contributed by atoms with van der Waals surface area (Å²) >= 11 is 0. The van der Waals surface area contributed by atoms with Crippen molar-refractivity contribution in [3.8, 4) is 11.1 Å². The number of hydrogen-bond donors (Lipinski definition) is 0. The van der Waals surface area contributed by atoms with Gasteiger partial charge in [0.25, 0.3) is 0 Å². The van der Waals surface area contributed by atoms with E-state index in [2.05, 4.69) is 120 Å². The highest BCUT2D eigenvalue weighted by Crippen LogP contribution is 2.46. The fourth-order valence-electron chi connectivity index (χ4n) is 8.31. The monoisotopic (exact) mass is 681 g/mol. The van der Waals surface area contributed by atoms with Crippen molar-refractivity contribution in [3.05, 3.63) is 164 Å².